The number of hydrogen-bond donors (Lipinski definition) is 0. The molecule has 0 aliphatic carbocycles. The number of ether oxygens (including phenoxy) is 2. The van der Waals surface area contributed by atoms with Crippen LogP contribution in [0.25, 0.3) is 0 Å². The SMILES string of the molecule is FC(F)(F)C1OC(Cl)=C(Cl)O1. The molecule has 0 aromatic heterocycles. The van der Waals surface area contributed by atoms with Gasteiger partial charge in [0, 0.05) is 0 Å². The molecule has 11 heavy (non-hydrogen) atoms. The molecule has 0 aromatic carbocycles. The molecule has 0 saturated carbocycles. The standard InChI is InChI=1S/C4HCl2F3O2/c5-1-2(6)11-3(10-1)4(7,8)9/h3H. The Morgan fingerprint density at radius 1 is 1.09 bits per heavy atom. The molecular formula is C4HCl2F3O2. The highest BCUT2D eigenvalue weighted by atomic mass is 35.5. The molecule has 0 fully saturated rings. The lowest BCUT2D eigenvalue weighted by Crippen LogP contribution is -2.29. The van der Waals surface area contributed by atoms with Crippen molar-refractivity contribution < 1.29 is 22.6 Å². The van der Waals surface area contributed by atoms with Crippen molar-refractivity contribution in [1.82, 2.24) is 0 Å². The van der Waals surface area contributed by atoms with Crippen LogP contribution in [0.5, 0.6) is 0 Å². The predicted molar refractivity (Wildman–Crippen MR) is 30.7 cm³/mol. The molecule has 64 valence electrons. The summed E-state index contributed by atoms with van der Waals surface area (Å²) < 4.78 is 43.1. The summed E-state index contributed by atoms with van der Waals surface area (Å²) >= 11 is 10.1. The maximum Gasteiger partial charge on any atom is 0.464 e. The highest BCUT2D eigenvalue weighted by molar-refractivity contribution is 6.37. The summed E-state index contributed by atoms with van der Waals surface area (Å²) in [4.78, 5) is 0. The second kappa shape index (κ2) is 2.64. The summed E-state index contributed by atoms with van der Waals surface area (Å²) in [5, 5.41) is -1.15. The van der Waals surface area contributed by atoms with E-state index in [1.807, 2.05) is 0 Å². The molecule has 2 nitrogen and oxygen atoms in total. The largest absolute Gasteiger partial charge is 0.464 e. The molecule has 1 heterocycles. The van der Waals surface area contributed by atoms with E-state index in [2.05, 4.69) is 9.47 Å². The Balaban J connectivity index is 2.62. The predicted octanol–water partition coefficient (Wildman–Crippen LogP) is 2.53. The Labute approximate surface area is 69.5 Å². The van der Waals surface area contributed by atoms with E-state index >= 15 is 0 Å². The average molecular weight is 209 g/mol. The summed E-state index contributed by atoms with van der Waals surface area (Å²) in [6, 6.07) is 0. The van der Waals surface area contributed by atoms with Gasteiger partial charge in [0.05, 0.1) is 0 Å². The quantitative estimate of drug-likeness (QED) is 0.610. The Kier molecular flexibility index (Phi) is 2.11. The van der Waals surface area contributed by atoms with Gasteiger partial charge in [0.1, 0.15) is 0 Å². The number of alkyl halides is 3. The fourth-order valence-corrected chi connectivity index (χ4v) is 0.689. The van der Waals surface area contributed by atoms with Gasteiger partial charge < -0.3 is 9.47 Å². The van der Waals surface area contributed by atoms with Crippen LogP contribution < -0.4 is 0 Å². The Hall–Kier alpha value is -0.290. The summed E-state index contributed by atoms with van der Waals surface area (Å²) in [7, 11) is 0. The van der Waals surface area contributed by atoms with E-state index in [0.717, 1.165) is 0 Å². The van der Waals surface area contributed by atoms with E-state index in [-0.39, 0.29) is 0 Å². The zero-order valence-electron chi connectivity index (χ0n) is 4.78. The molecule has 0 atom stereocenters. The Morgan fingerprint density at radius 2 is 1.45 bits per heavy atom. The van der Waals surface area contributed by atoms with Crippen LogP contribution in [-0.4, -0.2) is 12.5 Å². The Morgan fingerprint density at radius 3 is 1.64 bits per heavy atom. The molecule has 1 rings (SSSR count). The van der Waals surface area contributed by atoms with Gasteiger partial charge in [-0.05, 0) is 23.2 Å². The zero-order chi connectivity index (χ0) is 8.65. The third-order valence-corrected chi connectivity index (χ3v) is 1.46. The minimum atomic E-state index is -4.61. The van der Waals surface area contributed by atoms with E-state index in [1.165, 1.54) is 0 Å². The monoisotopic (exact) mass is 208 g/mol. The van der Waals surface area contributed by atoms with Crippen molar-refractivity contribution in [3.63, 3.8) is 0 Å². The van der Waals surface area contributed by atoms with Crippen molar-refractivity contribution in [2.45, 2.75) is 12.5 Å². The zero-order valence-corrected chi connectivity index (χ0v) is 6.30. The van der Waals surface area contributed by atoms with E-state index in [1.54, 1.807) is 0 Å². The minimum Gasteiger partial charge on any atom is -0.430 e. The fraction of sp³-hybridized carbons (Fsp3) is 0.500. The first kappa shape index (κ1) is 8.80. The van der Waals surface area contributed by atoms with Gasteiger partial charge in [-0.25, -0.2) is 0 Å². The van der Waals surface area contributed by atoms with Crippen molar-refractivity contribution in [1.29, 1.82) is 0 Å². The summed E-state index contributed by atoms with van der Waals surface area (Å²) in [6.45, 7) is 0. The first-order chi connectivity index (χ1) is 4.91. The molecule has 1 aliphatic heterocycles. The number of hydrogen-bond acceptors (Lipinski definition) is 2. The lowest BCUT2D eigenvalue weighted by molar-refractivity contribution is -0.268. The molecule has 0 aromatic rings. The third kappa shape index (κ3) is 1.84. The van der Waals surface area contributed by atoms with Crippen LogP contribution in [0.4, 0.5) is 13.2 Å². The van der Waals surface area contributed by atoms with Crippen LogP contribution in [0, 0.1) is 0 Å². The van der Waals surface area contributed by atoms with Gasteiger partial charge in [-0.15, -0.1) is 0 Å². The van der Waals surface area contributed by atoms with Gasteiger partial charge in [-0.3, -0.25) is 0 Å². The van der Waals surface area contributed by atoms with E-state index in [9.17, 15) is 13.2 Å². The molecule has 7 heteroatoms. The lowest BCUT2D eigenvalue weighted by atomic mass is 10.6. The van der Waals surface area contributed by atoms with Crippen LogP contribution in [0.2, 0.25) is 0 Å². The smallest absolute Gasteiger partial charge is 0.430 e. The molecule has 0 amide bonds. The van der Waals surface area contributed by atoms with Gasteiger partial charge in [0.25, 0.3) is 0 Å². The molecule has 0 bridgehead atoms. The molecule has 0 radical (unpaired) electrons. The summed E-state index contributed by atoms with van der Waals surface area (Å²) in [5.41, 5.74) is 0. The first-order valence-electron chi connectivity index (χ1n) is 2.36. The lowest BCUT2D eigenvalue weighted by Gasteiger charge is -2.13. The highest BCUT2D eigenvalue weighted by Gasteiger charge is 2.48. The van der Waals surface area contributed by atoms with Crippen molar-refractivity contribution in [2.24, 2.45) is 0 Å². The minimum absolute atomic E-state index is 0.575. The van der Waals surface area contributed by atoms with Crippen molar-refractivity contribution in [3.8, 4) is 0 Å². The second-order valence-corrected chi connectivity index (χ2v) is 2.34. The van der Waals surface area contributed by atoms with Gasteiger partial charge >= 0.3 is 12.5 Å². The topological polar surface area (TPSA) is 18.5 Å². The van der Waals surface area contributed by atoms with Gasteiger partial charge in [-0.2, -0.15) is 13.2 Å². The van der Waals surface area contributed by atoms with Crippen molar-refractivity contribution in [2.75, 3.05) is 0 Å². The summed E-state index contributed by atoms with van der Waals surface area (Å²) in [6.07, 6.45) is -6.99. The fourth-order valence-electron chi connectivity index (χ4n) is 0.438. The normalized spacial score (nSPS) is 20.1. The van der Waals surface area contributed by atoms with Crippen molar-refractivity contribution in [3.05, 3.63) is 10.4 Å². The first-order valence-corrected chi connectivity index (χ1v) is 3.12. The van der Waals surface area contributed by atoms with Crippen LogP contribution >= 0.6 is 23.2 Å². The maximum absolute atomic E-state index is 11.7. The average Bonchev–Trinajstić information content (AvgIpc) is 2.11. The van der Waals surface area contributed by atoms with Crippen molar-refractivity contribution >= 4 is 23.2 Å². The maximum atomic E-state index is 11.7. The third-order valence-electron chi connectivity index (χ3n) is 0.843. The molecule has 0 N–H and O–H groups in total. The van der Waals surface area contributed by atoms with Gasteiger partial charge in [0.2, 0.25) is 10.4 Å². The molecule has 0 spiro atoms. The van der Waals surface area contributed by atoms with E-state index in [4.69, 9.17) is 23.2 Å². The van der Waals surface area contributed by atoms with Crippen LogP contribution in [0.1, 0.15) is 0 Å². The molecule has 0 saturated heterocycles. The highest BCUT2D eigenvalue weighted by Crippen LogP contribution is 2.36. The van der Waals surface area contributed by atoms with Crippen LogP contribution in [0.3, 0.4) is 0 Å². The van der Waals surface area contributed by atoms with Gasteiger partial charge in [0.15, 0.2) is 0 Å². The number of rotatable bonds is 0. The summed E-state index contributed by atoms with van der Waals surface area (Å²) in [5.74, 6) is 0. The second-order valence-electron chi connectivity index (χ2n) is 1.66. The molecular weight excluding hydrogens is 208 g/mol. The van der Waals surface area contributed by atoms with E-state index < -0.39 is 22.9 Å². The van der Waals surface area contributed by atoms with Crippen LogP contribution in [-0.2, 0) is 9.47 Å². The van der Waals surface area contributed by atoms with E-state index in [0.29, 0.717) is 0 Å². The molecule has 1 aliphatic rings. The molecule has 0 unspecified atom stereocenters. The van der Waals surface area contributed by atoms with Crippen LogP contribution in [0.15, 0.2) is 10.4 Å². The van der Waals surface area contributed by atoms with Gasteiger partial charge in [-0.1, -0.05) is 0 Å². The Bertz CT molecular complexity index is 186. The number of halogens is 5.